The summed E-state index contributed by atoms with van der Waals surface area (Å²) in [5, 5.41) is 3.53. The minimum absolute atomic E-state index is 0.00789. The number of rotatable bonds is 4. The molecule has 1 heterocycles. The van der Waals surface area contributed by atoms with Crippen LogP contribution in [0.15, 0.2) is 29.3 Å². The third kappa shape index (κ3) is 3.00. The van der Waals surface area contributed by atoms with Crippen LogP contribution in [0.3, 0.4) is 0 Å². The first kappa shape index (κ1) is 13.7. The quantitative estimate of drug-likeness (QED) is 0.911. The standard InChI is InChI=1S/C12H11Cl2N3O2/c1-19-9-4-2-3-8(13)7(9)5-15-11-10(14)12(18)17-6-16-11/h2-4,6H,5H2,1H3,(H2,15,16,17,18). The maximum Gasteiger partial charge on any atom is 0.271 e. The van der Waals surface area contributed by atoms with Crippen LogP contribution in [-0.4, -0.2) is 17.1 Å². The van der Waals surface area contributed by atoms with E-state index in [1.807, 2.05) is 0 Å². The third-order valence-electron chi connectivity index (χ3n) is 2.52. The third-order valence-corrected chi connectivity index (χ3v) is 3.23. The van der Waals surface area contributed by atoms with Crippen LogP contribution in [0.5, 0.6) is 5.75 Å². The number of halogens is 2. The van der Waals surface area contributed by atoms with E-state index in [-0.39, 0.29) is 5.02 Å². The maximum absolute atomic E-state index is 11.3. The molecule has 100 valence electrons. The van der Waals surface area contributed by atoms with E-state index >= 15 is 0 Å². The van der Waals surface area contributed by atoms with Crippen molar-refractivity contribution in [1.82, 2.24) is 9.97 Å². The molecule has 0 fully saturated rings. The van der Waals surface area contributed by atoms with Gasteiger partial charge in [0.2, 0.25) is 0 Å². The van der Waals surface area contributed by atoms with Crippen LogP contribution in [0.25, 0.3) is 0 Å². The van der Waals surface area contributed by atoms with E-state index in [9.17, 15) is 4.79 Å². The van der Waals surface area contributed by atoms with E-state index in [0.717, 1.165) is 5.56 Å². The molecule has 0 radical (unpaired) electrons. The van der Waals surface area contributed by atoms with Gasteiger partial charge in [-0.25, -0.2) is 4.98 Å². The summed E-state index contributed by atoms with van der Waals surface area (Å²) in [5.41, 5.74) is 0.370. The molecule has 2 aromatic rings. The Balaban J connectivity index is 2.24. The first-order valence-corrected chi connectivity index (χ1v) is 6.17. The topological polar surface area (TPSA) is 67.0 Å². The first-order chi connectivity index (χ1) is 9.13. The minimum atomic E-state index is -0.398. The Hall–Kier alpha value is -1.72. The lowest BCUT2D eigenvalue weighted by Crippen LogP contribution is -2.12. The monoisotopic (exact) mass is 299 g/mol. The van der Waals surface area contributed by atoms with Crippen molar-refractivity contribution in [2.75, 3.05) is 12.4 Å². The normalized spacial score (nSPS) is 10.3. The van der Waals surface area contributed by atoms with Crippen molar-refractivity contribution in [3.05, 3.63) is 50.5 Å². The summed E-state index contributed by atoms with van der Waals surface area (Å²) in [6, 6.07) is 5.35. The Morgan fingerprint density at radius 3 is 2.95 bits per heavy atom. The highest BCUT2D eigenvalue weighted by Crippen LogP contribution is 2.27. The predicted octanol–water partition coefficient (Wildman–Crippen LogP) is 2.70. The molecule has 0 bridgehead atoms. The summed E-state index contributed by atoms with van der Waals surface area (Å²) in [5.74, 6) is 0.952. The van der Waals surface area contributed by atoms with Gasteiger partial charge >= 0.3 is 0 Å². The van der Waals surface area contributed by atoms with Gasteiger partial charge in [0, 0.05) is 17.1 Å². The van der Waals surface area contributed by atoms with Crippen LogP contribution in [0.4, 0.5) is 5.82 Å². The maximum atomic E-state index is 11.3. The molecule has 7 heteroatoms. The molecule has 0 aliphatic rings. The summed E-state index contributed by atoms with van der Waals surface area (Å²) < 4.78 is 5.22. The molecular weight excluding hydrogens is 289 g/mol. The second-order valence-electron chi connectivity index (χ2n) is 3.67. The fourth-order valence-electron chi connectivity index (χ4n) is 1.58. The average molecular weight is 300 g/mol. The molecule has 0 unspecified atom stereocenters. The van der Waals surface area contributed by atoms with Gasteiger partial charge in [0.25, 0.3) is 5.56 Å². The van der Waals surface area contributed by atoms with E-state index in [0.29, 0.717) is 23.1 Å². The molecule has 0 atom stereocenters. The van der Waals surface area contributed by atoms with Crippen molar-refractivity contribution in [3.63, 3.8) is 0 Å². The number of aromatic amines is 1. The number of hydrogen-bond donors (Lipinski definition) is 2. The number of ether oxygens (including phenoxy) is 1. The SMILES string of the molecule is COc1cccc(Cl)c1CNc1nc[nH]c(=O)c1Cl. The summed E-state index contributed by atoms with van der Waals surface area (Å²) >= 11 is 11.9. The summed E-state index contributed by atoms with van der Waals surface area (Å²) in [4.78, 5) is 17.7. The first-order valence-electron chi connectivity index (χ1n) is 5.42. The summed E-state index contributed by atoms with van der Waals surface area (Å²) in [7, 11) is 1.56. The van der Waals surface area contributed by atoms with E-state index in [1.54, 1.807) is 25.3 Å². The molecule has 0 aliphatic carbocycles. The Morgan fingerprint density at radius 1 is 1.42 bits per heavy atom. The Morgan fingerprint density at radius 2 is 2.21 bits per heavy atom. The number of benzene rings is 1. The number of nitrogens with one attached hydrogen (secondary N) is 2. The largest absolute Gasteiger partial charge is 0.496 e. The Bertz CT molecular complexity index is 643. The van der Waals surface area contributed by atoms with Gasteiger partial charge in [-0.05, 0) is 12.1 Å². The van der Waals surface area contributed by atoms with Gasteiger partial charge in [-0.15, -0.1) is 0 Å². The molecule has 0 aliphatic heterocycles. The zero-order valence-electron chi connectivity index (χ0n) is 10.0. The molecule has 0 saturated heterocycles. The molecule has 19 heavy (non-hydrogen) atoms. The van der Waals surface area contributed by atoms with Gasteiger partial charge in [-0.3, -0.25) is 4.79 Å². The van der Waals surface area contributed by atoms with Crippen LogP contribution in [0.1, 0.15) is 5.56 Å². The summed E-state index contributed by atoms with van der Waals surface area (Å²) in [6.07, 6.45) is 1.28. The molecule has 0 amide bonds. The Labute approximate surface area is 119 Å². The molecule has 2 N–H and O–H groups in total. The van der Waals surface area contributed by atoms with Crippen molar-refractivity contribution < 1.29 is 4.74 Å². The van der Waals surface area contributed by atoms with E-state index in [1.165, 1.54) is 6.33 Å². The highest BCUT2D eigenvalue weighted by Gasteiger charge is 2.10. The number of aromatic nitrogens is 2. The van der Waals surface area contributed by atoms with Gasteiger partial charge in [0.05, 0.1) is 13.4 Å². The molecule has 2 rings (SSSR count). The highest BCUT2D eigenvalue weighted by molar-refractivity contribution is 6.32. The van der Waals surface area contributed by atoms with E-state index in [2.05, 4.69) is 15.3 Å². The van der Waals surface area contributed by atoms with Gasteiger partial charge in [0.15, 0.2) is 5.82 Å². The van der Waals surface area contributed by atoms with Crippen molar-refractivity contribution >= 4 is 29.0 Å². The fourth-order valence-corrected chi connectivity index (χ4v) is 1.98. The van der Waals surface area contributed by atoms with Crippen LogP contribution < -0.4 is 15.6 Å². The van der Waals surface area contributed by atoms with Crippen LogP contribution in [0.2, 0.25) is 10.0 Å². The predicted molar refractivity (Wildman–Crippen MR) is 75.2 cm³/mol. The van der Waals surface area contributed by atoms with Crippen molar-refractivity contribution in [1.29, 1.82) is 0 Å². The number of methoxy groups -OCH3 is 1. The van der Waals surface area contributed by atoms with Crippen molar-refractivity contribution in [2.24, 2.45) is 0 Å². The lowest BCUT2D eigenvalue weighted by Gasteiger charge is -2.12. The van der Waals surface area contributed by atoms with Gasteiger partial charge in [-0.1, -0.05) is 29.3 Å². The van der Waals surface area contributed by atoms with E-state index in [4.69, 9.17) is 27.9 Å². The molecule has 0 saturated carbocycles. The smallest absolute Gasteiger partial charge is 0.271 e. The van der Waals surface area contributed by atoms with Gasteiger partial charge in [-0.2, -0.15) is 0 Å². The number of H-pyrrole nitrogens is 1. The second-order valence-corrected chi connectivity index (χ2v) is 4.45. The van der Waals surface area contributed by atoms with Crippen molar-refractivity contribution in [3.8, 4) is 5.75 Å². The number of nitrogens with zero attached hydrogens (tertiary/aromatic N) is 1. The molecular formula is C12H11Cl2N3O2. The number of hydrogen-bond acceptors (Lipinski definition) is 4. The van der Waals surface area contributed by atoms with E-state index < -0.39 is 5.56 Å². The zero-order valence-corrected chi connectivity index (χ0v) is 11.5. The van der Waals surface area contributed by atoms with Gasteiger partial charge < -0.3 is 15.0 Å². The van der Waals surface area contributed by atoms with Gasteiger partial charge in [0.1, 0.15) is 10.8 Å². The van der Waals surface area contributed by atoms with Crippen LogP contribution in [0, 0.1) is 0 Å². The second kappa shape index (κ2) is 5.95. The Kier molecular flexibility index (Phi) is 4.29. The van der Waals surface area contributed by atoms with Crippen molar-refractivity contribution in [2.45, 2.75) is 6.54 Å². The minimum Gasteiger partial charge on any atom is -0.496 e. The zero-order chi connectivity index (χ0) is 13.8. The highest BCUT2D eigenvalue weighted by atomic mass is 35.5. The fraction of sp³-hybridized carbons (Fsp3) is 0.167. The lowest BCUT2D eigenvalue weighted by atomic mass is 10.2. The lowest BCUT2D eigenvalue weighted by molar-refractivity contribution is 0.410. The van der Waals surface area contributed by atoms with Crippen LogP contribution in [-0.2, 0) is 6.54 Å². The molecule has 1 aromatic heterocycles. The average Bonchev–Trinajstić information content (AvgIpc) is 2.41. The summed E-state index contributed by atoms with van der Waals surface area (Å²) in [6.45, 7) is 0.346. The van der Waals surface area contributed by atoms with Crippen LogP contribution >= 0.6 is 23.2 Å². The molecule has 1 aromatic carbocycles. The molecule has 0 spiro atoms. The number of anilines is 1. The molecule has 5 nitrogen and oxygen atoms in total.